The summed E-state index contributed by atoms with van der Waals surface area (Å²) in [5.74, 6) is 1.56. The third-order valence-electron chi connectivity index (χ3n) is 4.46. The maximum Gasteiger partial charge on any atom is 0.289 e. The first kappa shape index (κ1) is 17.8. The number of rotatable bonds is 6. The average Bonchev–Trinajstić information content (AvgIpc) is 3.15. The zero-order chi connectivity index (χ0) is 18.5. The normalized spacial score (nSPS) is 11.8. The Balaban J connectivity index is 1.63. The van der Waals surface area contributed by atoms with Crippen LogP contribution in [0.2, 0.25) is 0 Å². The molecule has 0 unspecified atom stereocenters. The van der Waals surface area contributed by atoms with E-state index in [0.717, 1.165) is 11.3 Å². The molecule has 0 bridgehead atoms. The summed E-state index contributed by atoms with van der Waals surface area (Å²) in [6.07, 6.45) is 0. The van der Waals surface area contributed by atoms with Crippen molar-refractivity contribution in [1.29, 1.82) is 0 Å². The summed E-state index contributed by atoms with van der Waals surface area (Å²) < 4.78 is 11.4. The molecule has 0 spiro atoms. The fourth-order valence-electron chi connectivity index (χ4n) is 2.66. The van der Waals surface area contributed by atoms with E-state index in [1.54, 1.807) is 24.1 Å². The Morgan fingerprint density at radius 1 is 1.04 bits per heavy atom. The van der Waals surface area contributed by atoms with Crippen LogP contribution in [0.15, 0.2) is 71.1 Å². The third-order valence-corrected chi connectivity index (χ3v) is 4.46. The Morgan fingerprint density at radius 2 is 1.73 bits per heavy atom. The molecule has 1 amide bonds. The lowest BCUT2D eigenvalue weighted by Gasteiger charge is -2.24. The molecule has 0 saturated heterocycles. The van der Waals surface area contributed by atoms with Gasteiger partial charge in [-0.25, -0.2) is 0 Å². The molecule has 0 aliphatic rings. The molecule has 0 aliphatic carbocycles. The van der Waals surface area contributed by atoms with Gasteiger partial charge in [-0.2, -0.15) is 0 Å². The highest BCUT2D eigenvalue weighted by atomic mass is 16.5. The lowest BCUT2D eigenvalue weighted by molar-refractivity contribution is 0.0706. The van der Waals surface area contributed by atoms with Gasteiger partial charge in [0.05, 0.1) is 6.04 Å². The molecule has 1 aromatic heterocycles. The molecule has 4 heteroatoms. The van der Waals surface area contributed by atoms with Gasteiger partial charge in [-0.05, 0) is 43.7 Å². The third kappa shape index (κ3) is 4.14. The standard InChI is InChI=1S/C22H23NO3/c1-16-9-11-19(12-10-16)25-15-20-13-14-21(26-20)22(24)23(3)17(2)18-7-5-4-6-8-18/h4-14,17H,15H2,1-3H3/t17-/m0/s1. The van der Waals surface area contributed by atoms with E-state index in [1.165, 1.54) is 5.56 Å². The minimum atomic E-state index is -0.150. The number of aryl methyl sites for hydroxylation is 1. The van der Waals surface area contributed by atoms with Crippen LogP contribution in [-0.4, -0.2) is 17.9 Å². The van der Waals surface area contributed by atoms with E-state index in [0.29, 0.717) is 11.5 Å². The number of furan rings is 1. The number of benzene rings is 2. The highest BCUT2D eigenvalue weighted by Crippen LogP contribution is 2.22. The summed E-state index contributed by atoms with van der Waals surface area (Å²) in [7, 11) is 1.78. The minimum Gasteiger partial charge on any atom is -0.486 e. The van der Waals surface area contributed by atoms with E-state index >= 15 is 0 Å². The predicted molar refractivity (Wildman–Crippen MR) is 101 cm³/mol. The van der Waals surface area contributed by atoms with Crippen LogP contribution in [-0.2, 0) is 6.61 Å². The molecule has 0 N–H and O–H groups in total. The first-order chi connectivity index (χ1) is 12.5. The molecule has 1 atom stereocenters. The molecule has 4 nitrogen and oxygen atoms in total. The van der Waals surface area contributed by atoms with E-state index < -0.39 is 0 Å². The smallest absolute Gasteiger partial charge is 0.289 e. The number of hydrogen-bond donors (Lipinski definition) is 0. The number of nitrogens with zero attached hydrogens (tertiary/aromatic N) is 1. The van der Waals surface area contributed by atoms with E-state index in [9.17, 15) is 4.79 Å². The molecule has 0 aliphatic heterocycles. The first-order valence-corrected chi connectivity index (χ1v) is 8.65. The molecule has 0 fully saturated rings. The summed E-state index contributed by atoms with van der Waals surface area (Å²) in [4.78, 5) is 14.4. The molecule has 0 saturated carbocycles. The summed E-state index contributed by atoms with van der Waals surface area (Å²) in [6, 6.07) is 21.2. The van der Waals surface area contributed by atoms with Crippen molar-refractivity contribution < 1.29 is 13.9 Å². The highest BCUT2D eigenvalue weighted by Gasteiger charge is 2.21. The second kappa shape index (κ2) is 7.91. The number of ether oxygens (including phenoxy) is 1. The Kier molecular flexibility index (Phi) is 5.42. The lowest BCUT2D eigenvalue weighted by atomic mass is 10.1. The number of carbonyl (C=O) groups excluding carboxylic acids is 1. The zero-order valence-corrected chi connectivity index (χ0v) is 15.3. The van der Waals surface area contributed by atoms with Crippen molar-refractivity contribution in [2.45, 2.75) is 26.5 Å². The first-order valence-electron chi connectivity index (χ1n) is 8.65. The van der Waals surface area contributed by atoms with Gasteiger partial charge in [0.2, 0.25) is 0 Å². The van der Waals surface area contributed by atoms with E-state index in [2.05, 4.69) is 0 Å². The number of hydrogen-bond acceptors (Lipinski definition) is 3. The molecule has 1 heterocycles. The second-order valence-electron chi connectivity index (χ2n) is 6.37. The van der Waals surface area contributed by atoms with Crippen LogP contribution in [0.3, 0.4) is 0 Å². The van der Waals surface area contributed by atoms with Gasteiger partial charge in [0.25, 0.3) is 5.91 Å². The van der Waals surface area contributed by atoms with Crippen LogP contribution in [0.4, 0.5) is 0 Å². The second-order valence-corrected chi connectivity index (χ2v) is 6.37. The quantitative estimate of drug-likeness (QED) is 0.629. The summed E-state index contributed by atoms with van der Waals surface area (Å²) in [5, 5.41) is 0. The number of amides is 1. The van der Waals surface area contributed by atoms with Gasteiger partial charge in [0.1, 0.15) is 18.1 Å². The van der Waals surface area contributed by atoms with Crippen molar-refractivity contribution in [3.05, 3.63) is 89.4 Å². The van der Waals surface area contributed by atoms with Gasteiger partial charge in [-0.3, -0.25) is 4.79 Å². The Labute approximate surface area is 154 Å². The van der Waals surface area contributed by atoms with Crippen molar-refractivity contribution in [2.75, 3.05) is 7.05 Å². The van der Waals surface area contributed by atoms with Crippen LogP contribution in [0.25, 0.3) is 0 Å². The van der Waals surface area contributed by atoms with Crippen molar-refractivity contribution >= 4 is 5.91 Å². The molecule has 3 aromatic rings. The van der Waals surface area contributed by atoms with Crippen LogP contribution in [0.1, 0.15) is 40.4 Å². The maximum atomic E-state index is 12.7. The molecule has 26 heavy (non-hydrogen) atoms. The fraction of sp³-hybridized carbons (Fsp3) is 0.227. The van der Waals surface area contributed by atoms with E-state index in [1.807, 2.05) is 68.4 Å². The van der Waals surface area contributed by atoms with Crippen LogP contribution in [0, 0.1) is 6.92 Å². The van der Waals surface area contributed by atoms with Crippen LogP contribution in [0.5, 0.6) is 5.75 Å². The largest absolute Gasteiger partial charge is 0.486 e. The van der Waals surface area contributed by atoms with Crippen molar-refractivity contribution in [3.8, 4) is 5.75 Å². The van der Waals surface area contributed by atoms with Crippen molar-refractivity contribution in [2.24, 2.45) is 0 Å². The highest BCUT2D eigenvalue weighted by molar-refractivity contribution is 5.91. The Bertz CT molecular complexity index is 853. The van der Waals surface area contributed by atoms with Gasteiger partial charge in [0, 0.05) is 7.05 Å². The van der Waals surface area contributed by atoms with Gasteiger partial charge in [0.15, 0.2) is 5.76 Å². The zero-order valence-electron chi connectivity index (χ0n) is 15.3. The lowest BCUT2D eigenvalue weighted by Crippen LogP contribution is -2.29. The summed E-state index contributed by atoms with van der Waals surface area (Å²) in [5.41, 5.74) is 2.26. The molecule has 134 valence electrons. The van der Waals surface area contributed by atoms with Crippen LogP contribution >= 0.6 is 0 Å². The molecule has 0 radical (unpaired) electrons. The Hall–Kier alpha value is -3.01. The van der Waals surface area contributed by atoms with Gasteiger partial charge in [-0.15, -0.1) is 0 Å². The summed E-state index contributed by atoms with van der Waals surface area (Å²) >= 11 is 0. The SMILES string of the molecule is Cc1ccc(OCc2ccc(C(=O)N(C)[C@@H](C)c3ccccc3)o2)cc1. The average molecular weight is 349 g/mol. The van der Waals surface area contributed by atoms with Gasteiger partial charge in [-0.1, -0.05) is 48.0 Å². The van der Waals surface area contributed by atoms with E-state index in [4.69, 9.17) is 9.15 Å². The monoisotopic (exact) mass is 349 g/mol. The summed E-state index contributed by atoms with van der Waals surface area (Å²) in [6.45, 7) is 4.31. The molecular formula is C22H23NO3. The van der Waals surface area contributed by atoms with Crippen molar-refractivity contribution in [3.63, 3.8) is 0 Å². The van der Waals surface area contributed by atoms with Gasteiger partial charge < -0.3 is 14.1 Å². The van der Waals surface area contributed by atoms with Crippen LogP contribution < -0.4 is 4.74 Å². The topological polar surface area (TPSA) is 42.7 Å². The molecule has 2 aromatic carbocycles. The van der Waals surface area contributed by atoms with E-state index in [-0.39, 0.29) is 18.6 Å². The number of carbonyl (C=O) groups is 1. The molecular weight excluding hydrogens is 326 g/mol. The van der Waals surface area contributed by atoms with Gasteiger partial charge >= 0.3 is 0 Å². The molecule has 3 rings (SSSR count). The fourth-order valence-corrected chi connectivity index (χ4v) is 2.66. The maximum absolute atomic E-state index is 12.7. The van der Waals surface area contributed by atoms with Crippen molar-refractivity contribution in [1.82, 2.24) is 4.90 Å². The minimum absolute atomic E-state index is 0.0407. The predicted octanol–water partition coefficient (Wildman–Crippen LogP) is 5.00. The Morgan fingerprint density at radius 3 is 2.42 bits per heavy atom.